The molecule has 0 unspecified atom stereocenters. The van der Waals surface area contributed by atoms with Crippen LogP contribution in [0.3, 0.4) is 0 Å². The highest BCUT2D eigenvalue weighted by Gasteiger charge is 2.38. The molecule has 3 rings (SSSR count). The zero-order chi connectivity index (χ0) is 17.3. The number of hydrogen-bond acceptors (Lipinski definition) is 5. The van der Waals surface area contributed by atoms with Gasteiger partial charge in [0, 0.05) is 19.3 Å². The number of thiazole rings is 1. The molecule has 2 aromatic heterocycles. The molecule has 0 spiro atoms. The number of methoxy groups -OCH3 is 1. The predicted molar refractivity (Wildman–Crippen MR) is 94.1 cm³/mol. The largest absolute Gasteiger partial charge is 0.375 e. The Kier molecular flexibility index (Phi) is 4.96. The fraction of sp³-hybridized carbons (Fsp3) is 0.500. The van der Waals surface area contributed by atoms with Crippen LogP contribution in [0.15, 0.2) is 24.4 Å². The SMILES string of the molecule is CO[C@H](C)c1nc(C)c(C(=O)N(C2CC2)[C@H](C)c2ccccn2)s1. The molecule has 5 nitrogen and oxygen atoms in total. The normalized spacial score (nSPS) is 16.7. The highest BCUT2D eigenvalue weighted by atomic mass is 32.1. The standard InChI is InChI=1S/C18H23N3O2S/c1-11-16(24-17(20-11)13(3)23-4)18(22)21(14-8-9-14)12(2)15-7-5-6-10-19-15/h5-7,10,12-14H,8-9H2,1-4H3/t12-,13-/m1/s1. The zero-order valence-corrected chi connectivity index (χ0v) is 15.3. The molecule has 6 heteroatoms. The molecule has 0 aliphatic heterocycles. The molecule has 0 N–H and O–H groups in total. The van der Waals surface area contributed by atoms with Crippen LogP contribution in [0.2, 0.25) is 0 Å². The third-order valence-corrected chi connectivity index (χ3v) is 5.72. The van der Waals surface area contributed by atoms with Gasteiger partial charge in [-0.3, -0.25) is 9.78 Å². The summed E-state index contributed by atoms with van der Waals surface area (Å²) in [6, 6.07) is 6.09. The first-order valence-electron chi connectivity index (χ1n) is 8.26. The van der Waals surface area contributed by atoms with Gasteiger partial charge in [-0.25, -0.2) is 4.98 Å². The van der Waals surface area contributed by atoms with E-state index in [4.69, 9.17) is 4.74 Å². The first-order chi connectivity index (χ1) is 11.5. The van der Waals surface area contributed by atoms with Crippen molar-refractivity contribution in [3.05, 3.63) is 45.7 Å². The molecule has 1 fully saturated rings. The number of ether oxygens (including phenoxy) is 1. The van der Waals surface area contributed by atoms with Crippen molar-refractivity contribution in [2.45, 2.75) is 51.8 Å². The smallest absolute Gasteiger partial charge is 0.266 e. The Morgan fingerprint density at radius 3 is 2.71 bits per heavy atom. The average molecular weight is 345 g/mol. The van der Waals surface area contributed by atoms with Crippen molar-refractivity contribution in [3.63, 3.8) is 0 Å². The van der Waals surface area contributed by atoms with E-state index in [0.29, 0.717) is 10.9 Å². The second-order valence-corrected chi connectivity index (χ2v) is 7.25. The molecule has 1 aliphatic carbocycles. The highest BCUT2D eigenvalue weighted by Crippen LogP contribution is 2.37. The number of carbonyl (C=O) groups is 1. The number of nitrogens with zero attached hydrogens (tertiary/aromatic N) is 3. The number of aromatic nitrogens is 2. The van der Waals surface area contributed by atoms with E-state index in [-0.39, 0.29) is 18.1 Å². The molecule has 2 aromatic rings. The van der Waals surface area contributed by atoms with Crippen molar-refractivity contribution in [1.29, 1.82) is 0 Å². The third-order valence-electron chi connectivity index (χ3n) is 4.42. The summed E-state index contributed by atoms with van der Waals surface area (Å²) in [5, 5.41) is 0.847. The van der Waals surface area contributed by atoms with E-state index in [1.165, 1.54) is 11.3 Å². The molecular weight excluding hydrogens is 322 g/mol. The minimum Gasteiger partial charge on any atom is -0.375 e. The van der Waals surface area contributed by atoms with Crippen LogP contribution in [-0.4, -0.2) is 33.9 Å². The second kappa shape index (κ2) is 6.99. The summed E-state index contributed by atoms with van der Waals surface area (Å²) >= 11 is 1.44. The van der Waals surface area contributed by atoms with E-state index in [1.807, 2.05) is 43.9 Å². The molecular formula is C18H23N3O2S. The van der Waals surface area contributed by atoms with Crippen LogP contribution in [-0.2, 0) is 4.74 Å². The summed E-state index contributed by atoms with van der Waals surface area (Å²) in [6.07, 6.45) is 3.79. The summed E-state index contributed by atoms with van der Waals surface area (Å²) in [5.41, 5.74) is 1.70. The van der Waals surface area contributed by atoms with Gasteiger partial charge in [0.15, 0.2) is 0 Å². The van der Waals surface area contributed by atoms with Gasteiger partial charge in [0.05, 0.1) is 17.4 Å². The van der Waals surface area contributed by atoms with Crippen LogP contribution in [0.5, 0.6) is 0 Å². The van der Waals surface area contributed by atoms with Crippen LogP contribution in [0.1, 0.15) is 64.9 Å². The molecule has 2 atom stereocenters. The van der Waals surface area contributed by atoms with Crippen LogP contribution in [0.4, 0.5) is 0 Å². The number of amides is 1. The minimum absolute atomic E-state index is 0.0454. The van der Waals surface area contributed by atoms with E-state index in [0.717, 1.165) is 29.2 Å². The summed E-state index contributed by atoms with van der Waals surface area (Å²) in [4.78, 5) is 24.9. The predicted octanol–water partition coefficient (Wildman–Crippen LogP) is 3.92. The summed E-state index contributed by atoms with van der Waals surface area (Å²) in [7, 11) is 1.66. The van der Waals surface area contributed by atoms with E-state index in [9.17, 15) is 4.79 Å². The molecule has 1 aliphatic rings. The first kappa shape index (κ1) is 17.0. The average Bonchev–Trinajstić information content (AvgIpc) is 3.35. The fourth-order valence-corrected chi connectivity index (χ4v) is 3.82. The molecule has 1 amide bonds. The Bertz CT molecular complexity index is 712. The van der Waals surface area contributed by atoms with E-state index in [2.05, 4.69) is 9.97 Å². The van der Waals surface area contributed by atoms with Crippen LogP contribution >= 0.6 is 11.3 Å². The van der Waals surface area contributed by atoms with Crippen molar-refractivity contribution in [3.8, 4) is 0 Å². The maximum atomic E-state index is 13.2. The van der Waals surface area contributed by atoms with Gasteiger partial charge in [0.25, 0.3) is 5.91 Å². The van der Waals surface area contributed by atoms with Crippen LogP contribution in [0.25, 0.3) is 0 Å². The molecule has 1 saturated carbocycles. The van der Waals surface area contributed by atoms with E-state index < -0.39 is 0 Å². The van der Waals surface area contributed by atoms with Crippen molar-refractivity contribution < 1.29 is 9.53 Å². The highest BCUT2D eigenvalue weighted by molar-refractivity contribution is 7.13. The van der Waals surface area contributed by atoms with Gasteiger partial charge in [-0.15, -0.1) is 11.3 Å². The van der Waals surface area contributed by atoms with Gasteiger partial charge < -0.3 is 9.64 Å². The van der Waals surface area contributed by atoms with Gasteiger partial charge in [-0.2, -0.15) is 0 Å². The molecule has 128 valence electrons. The lowest BCUT2D eigenvalue weighted by molar-refractivity contribution is 0.0674. The van der Waals surface area contributed by atoms with Crippen molar-refractivity contribution in [2.75, 3.05) is 7.11 Å². The van der Waals surface area contributed by atoms with E-state index in [1.54, 1.807) is 13.3 Å². The third kappa shape index (κ3) is 3.35. The molecule has 2 heterocycles. The van der Waals surface area contributed by atoms with Gasteiger partial charge in [0.2, 0.25) is 0 Å². The summed E-state index contributed by atoms with van der Waals surface area (Å²) in [6.45, 7) is 5.89. The lowest BCUT2D eigenvalue weighted by Crippen LogP contribution is -2.35. The lowest BCUT2D eigenvalue weighted by atomic mass is 10.1. The molecule has 0 bridgehead atoms. The summed E-state index contributed by atoms with van der Waals surface area (Å²) < 4.78 is 5.33. The van der Waals surface area contributed by atoms with Crippen LogP contribution in [0, 0.1) is 6.92 Å². The van der Waals surface area contributed by atoms with Crippen LogP contribution < -0.4 is 0 Å². The lowest BCUT2D eigenvalue weighted by Gasteiger charge is -2.28. The number of aryl methyl sites for hydroxylation is 1. The number of pyridine rings is 1. The number of carbonyl (C=O) groups excluding carboxylic acids is 1. The van der Waals surface area contributed by atoms with Crippen molar-refractivity contribution in [2.24, 2.45) is 0 Å². The number of rotatable bonds is 6. The molecule has 0 radical (unpaired) electrons. The van der Waals surface area contributed by atoms with Crippen molar-refractivity contribution in [1.82, 2.24) is 14.9 Å². The Morgan fingerprint density at radius 2 is 2.12 bits per heavy atom. The molecule has 0 saturated heterocycles. The Morgan fingerprint density at radius 1 is 1.38 bits per heavy atom. The quantitative estimate of drug-likeness (QED) is 0.796. The number of hydrogen-bond donors (Lipinski definition) is 0. The van der Waals surface area contributed by atoms with Gasteiger partial charge >= 0.3 is 0 Å². The Balaban J connectivity index is 1.89. The fourth-order valence-electron chi connectivity index (χ4n) is 2.78. The Hall–Kier alpha value is -1.79. The minimum atomic E-state index is -0.0992. The van der Waals surface area contributed by atoms with Gasteiger partial charge in [0.1, 0.15) is 16.0 Å². The molecule has 24 heavy (non-hydrogen) atoms. The van der Waals surface area contributed by atoms with Gasteiger partial charge in [-0.1, -0.05) is 6.07 Å². The van der Waals surface area contributed by atoms with Crippen molar-refractivity contribution >= 4 is 17.2 Å². The van der Waals surface area contributed by atoms with Gasteiger partial charge in [-0.05, 0) is 45.7 Å². The summed E-state index contributed by atoms with van der Waals surface area (Å²) in [5.74, 6) is 0.0557. The monoisotopic (exact) mass is 345 g/mol. The zero-order valence-electron chi connectivity index (χ0n) is 14.5. The maximum absolute atomic E-state index is 13.2. The molecule has 0 aromatic carbocycles. The second-order valence-electron chi connectivity index (χ2n) is 6.22. The maximum Gasteiger partial charge on any atom is 0.266 e. The topological polar surface area (TPSA) is 55.3 Å². The first-order valence-corrected chi connectivity index (χ1v) is 9.08. The van der Waals surface area contributed by atoms with E-state index >= 15 is 0 Å². The Labute approximate surface area is 146 Å².